The number of benzene rings is 1. The highest BCUT2D eigenvalue weighted by Gasteiger charge is 2.29. The summed E-state index contributed by atoms with van der Waals surface area (Å²) in [5, 5.41) is 12.4. The molecule has 2 N–H and O–H groups in total. The second kappa shape index (κ2) is 7.63. The third-order valence-corrected chi connectivity index (χ3v) is 4.59. The molecule has 1 aliphatic heterocycles. The highest BCUT2D eigenvalue weighted by molar-refractivity contribution is 5.95. The van der Waals surface area contributed by atoms with Crippen LogP contribution in [0.25, 0.3) is 11.3 Å². The van der Waals surface area contributed by atoms with Gasteiger partial charge in [-0.05, 0) is 31.7 Å². The van der Waals surface area contributed by atoms with Gasteiger partial charge in [-0.1, -0.05) is 18.2 Å². The van der Waals surface area contributed by atoms with Gasteiger partial charge in [-0.3, -0.25) is 9.69 Å². The summed E-state index contributed by atoms with van der Waals surface area (Å²) in [5.41, 5.74) is 2.22. The van der Waals surface area contributed by atoms with Crippen molar-refractivity contribution in [1.82, 2.24) is 15.2 Å². The third kappa shape index (κ3) is 3.97. The number of carbonyl (C=O) groups excluding carboxylic acids is 1. The Labute approximate surface area is 147 Å². The van der Waals surface area contributed by atoms with E-state index < -0.39 is 0 Å². The molecular weight excluding hydrogens is 318 g/mol. The first kappa shape index (κ1) is 17.4. The van der Waals surface area contributed by atoms with Gasteiger partial charge in [-0.15, -0.1) is 0 Å². The number of hydrogen-bond donors (Lipinski definition) is 2. The van der Waals surface area contributed by atoms with Crippen LogP contribution in [0.5, 0.6) is 5.88 Å². The first-order valence-electron chi connectivity index (χ1n) is 8.34. The number of ether oxygens (including phenoxy) is 1. The fourth-order valence-electron chi connectivity index (χ4n) is 3.18. The predicted molar refractivity (Wildman–Crippen MR) is 95.6 cm³/mol. The van der Waals surface area contributed by atoms with Crippen molar-refractivity contribution in [2.24, 2.45) is 0 Å². The molecule has 132 valence electrons. The molecule has 1 fully saturated rings. The van der Waals surface area contributed by atoms with E-state index in [2.05, 4.69) is 15.2 Å². The summed E-state index contributed by atoms with van der Waals surface area (Å²) >= 11 is 0. The van der Waals surface area contributed by atoms with Gasteiger partial charge in [0.05, 0.1) is 19.4 Å². The zero-order chi connectivity index (χ0) is 17.8. The topological polar surface area (TPSA) is 74.7 Å². The Hall–Kier alpha value is -2.44. The fraction of sp³-hybridized carbons (Fsp3) is 0.368. The van der Waals surface area contributed by atoms with Crippen LogP contribution in [0.3, 0.4) is 0 Å². The minimum atomic E-state index is -0.110. The monoisotopic (exact) mass is 341 g/mol. The van der Waals surface area contributed by atoms with Gasteiger partial charge < -0.3 is 15.2 Å². The number of amides is 1. The number of methoxy groups -OCH3 is 1. The quantitative estimate of drug-likeness (QED) is 0.863. The van der Waals surface area contributed by atoms with Crippen molar-refractivity contribution in [1.29, 1.82) is 0 Å². The molecule has 1 aliphatic rings. The highest BCUT2D eigenvalue weighted by Crippen LogP contribution is 2.21. The number of nitrogens with one attached hydrogen (secondary N) is 1. The van der Waals surface area contributed by atoms with Gasteiger partial charge in [0.25, 0.3) is 5.91 Å². The summed E-state index contributed by atoms with van der Waals surface area (Å²) in [7, 11) is 3.54. The van der Waals surface area contributed by atoms with E-state index in [0.717, 1.165) is 24.2 Å². The summed E-state index contributed by atoms with van der Waals surface area (Å²) in [4.78, 5) is 19.1. The van der Waals surface area contributed by atoms with Crippen molar-refractivity contribution in [2.45, 2.75) is 18.5 Å². The number of likely N-dealkylation sites (N-methyl/N-ethyl adjacent to an activating group) is 1. The van der Waals surface area contributed by atoms with E-state index in [1.54, 1.807) is 19.2 Å². The Morgan fingerprint density at radius 1 is 1.36 bits per heavy atom. The van der Waals surface area contributed by atoms with Gasteiger partial charge in [0, 0.05) is 35.8 Å². The Morgan fingerprint density at radius 3 is 2.88 bits per heavy atom. The average molecular weight is 341 g/mol. The van der Waals surface area contributed by atoms with Gasteiger partial charge >= 0.3 is 0 Å². The van der Waals surface area contributed by atoms with Gasteiger partial charge in [0.15, 0.2) is 0 Å². The molecule has 6 heteroatoms. The Morgan fingerprint density at radius 2 is 2.16 bits per heavy atom. The van der Waals surface area contributed by atoms with Crippen molar-refractivity contribution in [3.8, 4) is 17.1 Å². The number of aromatic nitrogens is 1. The summed E-state index contributed by atoms with van der Waals surface area (Å²) in [5.74, 6) is 0.429. The van der Waals surface area contributed by atoms with Gasteiger partial charge in [0.2, 0.25) is 5.88 Å². The van der Waals surface area contributed by atoms with E-state index in [4.69, 9.17) is 4.74 Å². The van der Waals surface area contributed by atoms with Gasteiger partial charge in [0.1, 0.15) is 0 Å². The number of aliphatic hydroxyl groups is 1. The molecule has 1 aromatic heterocycles. The Kier molecular flexibility index (Phi) is 5.31. The fourth-order valence-corrected chi connectivity index (χ4v) is 3.18. The molecule has 2 aromatic rings. The van der Waals surface area contributed by atoms with Crippen LogP contribution < -0.4 is 10.1 Å². The minimum Gasteiger partial charge on any atom is -0.481 e. The van der Waals surface area contributed by atoms with Crippen molar-refractivity contribution in [2.75, 3.05) is 27.3 Å². The zero-order valence-electron chi connectivity index (χ0n) is 14.5. The molecule has 0 saturated carbocycles. The lowest BCUT2D eigenvalue weighted by molar-refractivity contribution is 0.0938. The molecule has 1 saturated heterocycles. The standard InChI is InChI=1S/C19H23N3O3/c1-22-11-15(10-16(22)12-23)20-19(24)14-6-3-5-13(9-14)17-7-4-8-18(21-17)25-2/h3-9,15-16,23H,10-12H2,1-2H3,(H,20,24)/t15-,16+/m1/s1. The average Bonchev–Trinajstić information content (AvgIpc) is 3.01. The normalized spacial score (nSPS) is 20.4. The summed E-state index contributed by atoms with van der Waals surface area (Å²) in [6.07, 6.45) is 0.760. The number of pyridine rings is 1. The van der Waals surface area contributed by atoms with E-state index in [1.165, 1.54) is 0 Å². The zero-order valence-corrected chi connectivity index (χ0v) is 14.5. The molecule has 0 bridgehead atoms. The van der Waals surface area contributed by atoms with Crippen LogP contribution in [-0.4, -0.2) is 60.3 Å². The third-order valence-electron chi connectivity index (χ3n) is 4.59. The maximum atomic E-state index is 12.6. The number of rotatable bonds is 5. The summed E-state index contributed by atoms with van der Waals surface area (Å²) in [6, 6.07) is 13.1. The van der Waals surface area contributed by atoms with E-state index in [0.29, 0.717) is 11.4 Å². The van der Waals surface area contributed by atoms with Crippen LogP contribution in [0.2, 0.25) is 0 Å². The van der Waals surface area contributed by atoms with Crippen LogP contribution in [0.4, 0.5) is 0 Å². The number of nitrogens with zero attached hydrogens (tertiary/aromatic N) is 2. The second-order valence-corrected chi connectivity index (χ2v) is 6.33. The lowest BCUT2D eigenvalue weighted by Crippen LogP contribution is -2.36. The Bertz CT molecular complexity index is 750. The summed E-state index contributed by atoms with van der Waals surface area (Å²) < 4.78 is 5.16. The predicted octanol–water partition coefficient (Wildman–Crippen LogP) is 1.55. The van der Waals surface area contributed by atoms with Crippen LogP contribution in [0.15, 0.2) is 42.5 Å². The lowest BCUT2D eigenvalue weighted by atomic mass is 10.1. The lowest BCUT2D eigenvalue weighted by Gasteiger charge is -2.15. The smallest absolute Gasteiger partial charge is 0.251 e. The van der Waals surface area contributed by atoms with Crippen molar-refractivity contribution >= 4 is 5.91 Å². The summed E-state index contributed by atoms with van der Waals surface area (Å²) in [6.45, 7) is 0.855. The van der Waals surface area contributed by atoms with Crippen molar-refractivity contribution in [3.63, 3.8) is 0 Å². The van der Waals surface area contributed by atoms with E-state index in [9.17, 15) is 9.90 Å². The molecule has 0 unspecified atom stereocenters. The highest BCUT2D eigenvalue weighted by atomic mass is 16.5. The van der Waals surface area contributed by atoms with E-state index in [-0.39, 0.29) is 24.6 Å². The molecule has 2 heterocycles. The number of carbonyl (C=O) groups is 1. The molecule has 25 heavy (non-hydrogen) atoms. The van der Waals surface area contributed by atoms with Crippen molar-refractivity contribution < 1.29 is 14.6 Å². The maximum absolute atomic E-state index is 12.6. The molecule has 1 amide bonds. The molecule has 0 aliphatic carbocycles. The van der Waals surface area contributed by atoms with Crippen molar-refractivity contribution in [3.05, 3.63) is 48.0 Å². The second-order valence-electron chi connectivity index (χ2n) is 6.33. The molecule has 6 nitrogen and oxygen atoms in total. The Balaban J connectivity index is 1.74. The van der Waals surface area contributed by atoms with E-state index in [1.807, 2.05) is 37.4 Å². The number of aliphatic hydroxyl groups excluding tert-OH is 1. The molecule has 0 spiro atoms. The minimum absolute atomic E-state index is 0.0493. The van der Waals surface area contributed by atoms with Crippen LogP contribution in [0.1, 0.15) is 16.8 Å². The molecule has 0 radical (unpaired) electrons. The first-order valence-corrected chi connectivity index (χ1v) is 8.34. The number of likely N-dealkylation sites (tertiary alicyclic amines) is 1. The largest absolute Gasteiger partial charge is 0.481 e. The van der Waals surface area contributed by atoms with Crippen LogP contribution in [0, 0.1) is 0 Å². The molecule has 2 atom stereocenters. The molecular formula is C19H23N3O3. The van der Waals surface area contributed by atoms with Gasteiger partial charge in [-0.25, -0.2) is 4.98 Å². The van der Waals surface area contributed by atoms with E-state index >= 15 is 0 Å². The molecule has 3 rings (SSSR count). The number of hydrogen-bond acceptors (Lipinski definition) is 5. The SMILES string of the molecule is COc1cccc(-c2cccc(C(=O)N[C@@H]3C[C@@H](CO)N(C)C3)c2)n1. The van der Waals surface area contributed by atoms with Gasteiger partial charge in [-0.2, -0.15) is 0 Å². The maximum Gasteiger partial charge on any atom is 0.251 e. The van der Waals surface area contributed by atoms with Crippen LogP contribution in [-0.2, 0) is 0 Å². The molecule has 1 aromatic carbocycles. The first-order chi connectivity index (χ1) is 12.1. The van der Waals surface area contributed by atoms with Crippen LogP contribution >= 0.6 is 0 Å².